The number of methoxy groups -OCH3 is 1. The van der Waals surface area contributed by atoms with E-state index in [1.54, 1.807) is 25.4 Å². The highest BCUT2D eigenvalue weighted by Crippen LogP contribution is 2.23. The minimum atomic E-state index is -0.482. The second kappa shape index (κ2) is 6.43. The largest absolute Gasteiger partial charge is 0.465 e. The van der Waals surface area contributed by atoms with E-state index in [1.807, 2.05) is 19.9 Å². The summed E-state index contributed by atoms with van der Waals surface area (Å²) < 4.78 is 6.34. The Hall–Kier alpha value is -2.63. The molecule has 2 aromatic rings. The molecule has 0 aliphatic rings. The summed E-state index contributed by atoms with van der Waals surface area (Å²) in [5.74, 6) is -0.536. The molecule has 6 nitrogen and oxygen atoms in total. The molecule has 0 aliphatic carbocycles. The van der Waals surface area contributed by atoms with Crippen LogP contribution in [-0.2, 0) is 11.8 Å². The number of amides is 1. The van der Waals surface area contributed by atoms with Crippen LogP contribution in [0.5, 0.6) is 0 Å². The van der Waals surface area contributed by atoms with Crippen LogP contribution in [0.3, 0.4) is 0 Å². The minimum Gasteiger partial charge on any atom is -0.465 e. The Labute approximate surface area is 129 Å². The summed E-state index contributed by atoms with van der Waals surface area (Å²) in [5.41, 5.74) is 2.18. The Morgan fingerprint density at radius 3 is 2.59 bits per heavy atom. The predicted molar refractivity (Wildman–Crippen MR) is 83.0 cm³/mol. The van der Waals surface area contributed by atoms with E-state index in [0.29, 0.717) is 16.8 Å². The molecule has 0 aliphatic heterocycles. The minimum absolute atomic E-state index is 0.270. The van der Waals surface area contributed by atoms with Crippen molar-refractivity contribution in [2.75, 3.05) is 12.4 Å². The Morgan fingerprint density at radius 1 is 1.32 bits per heavy atom. The quantitative estimate of drug-likeness (QED) is 0.881. The summed E-state index contributed by atoms with van der Waals surface area (Å²) >= 11 is 0. The van der Waals surface area contributed by atoms with Crippen LogP contribution in [0.1, 0.15) is 46.0 Å². The molecule has 0 spiro atoms. The number of aromatic nitrogens is 2. The molecule has 1 heterocycles. The molecule has 0 saturated heterocycles. The summed E-state index contributed by atoms with van der Waals surface area (Å²) in [7, 11) is 3.05. The summed E-state index contributed by atoms with van der Waals surface area (Å²) in [6.07, 6.45) is 3.07. The molecule has 1 aromatic carbocycles. The van der Waals surface area contributed by atoms with Crippen molar-refractivity contribution < 1.29 is 14.3 Å². The van der Waals surface area contributed by atoms with Crippen molar-refractivity contribution >= 4 is 17.6 Å². The third-order valence-electron chi connectivity index (χ3n) is 3.33. The molecule has 2 rings (SSSR count). The average molecular weight is 301 g/mol. The fraction of sp³-hybridized carbons (Fsp3) is 0.312. The molecule has 6 heteroatoms. The molecule has 22 heavy (non-hydrogen) atoms. The van der Waals surface area contributed by atoms with Crippen molar-refractivity contribution in [3.05, 3.63) is 47.3 Å². The number of benzene rings is 1. The van der Waals surface area contributed by atoms with Crippen molar-refractivity contribution in [1.29, 1.82) is 0 Å². The second-order valence-corrected chi connectivity index (χ2v) is 5.31. The van der Waals surface area contributed by atoms with Gasteiger partial charge in [0.2, 0.25) is 0 Å². The van der Waals surface area contributed by atoms with Crippen LogP contribution in [0, 0.1) is 0 Å². The number of hydrogen-bond acceptors (Lipinski definition) is 4. The van der Waals surface area contributed by atoms with Crippen molar-refractivity contribution in [1.82, 2.24) is 9.78 Å². The van der Waals surface area contributed by atoms with Gasteiger partial charge in [-0.15, -0.1) is 0 Å². The molecule has 0 radical (unpaired) electrons. The van der Waals surface area contributed by atoms with Gasteiger partial charge < -0.3 is 10.1 Å². The molecule has 0 saturated carbocycles. The number of esters is 1. The zero-order chi connectivity index (χ0) is 16.3. The van der Waals surface area contributed by atoms with Gasteiger partial charge in [-0.25, -0.2) is 4.79 Å². The molecule has 1 N–H and O–H groups in total. The number of nitrogens with zero attached hydrogens (tertiary/aromatic N) is 2. The van der Waals surface area contributed by atoms with E-state index in [9.17, 15) is 9.59 Å². The second-order valence-electron chi connectivity index (χ2n) is 5.31. The van der Waals surface area contributed by atoms with Gasteiger partial charge >= 0.3 is 5.97 Å². The zero-order valence-corrected chi connectivity index (χ0v) is 13.1. The van der Waals surface area contributed by atoms with E-state index in [2.05, 4.69) is 10.4 Å². The van der Waals surface area contributed by atoms with Gasteiger partial charge in [0.1, 0.15) is 0 Å². The van der Waals surface area contributed by atoms with Gasteiger partial charge in [-0.1, -0.05) is 19.9 Å². The first-order valence-corrected chi connectivity index (χ1v) is 6.94. The van der Waals surface area contributed by atoms with Gasteiger partial charge in [-0.05, 0) is 23.6 Å². The molecule has 0 unspecified atom stereocenters. The van der Waals surface area contributed by atoms with Crippen molar-refractivity contribution in [3.63, 3.8) is 0 Å². The van der Waals surface area contributed by atoms with E-state index >= 15 is 0 Å². The number of aryl methyl sites for hydroxylation is 1. The summed E-state index contributed by atoms with van der Waals surface area (Å²) in [5, 5.41) is 6.68. The highest BCUT2D eigenvalue weighted by Gasteiger charge is 2.17. The van der Waals surface area contributed by atoms with Gasteiger partial charge in [0, 0.05) is 13.2 Å². The van der Waals surface area contributed by atoms with Crippen molar-refractivity contribution in [2.24, 2.45) is 7.05 Å². The Bertz CT molecular complexity index is 704. The molecule has 1 amide bonds. The lowest BCUT2D eigenvalue weighted by atomic mass is 9.99. The third kappa shape index (κ3) is 3.33. The van der Waals surface area contributed by atoms with Crippen LogP contribution in [0.25, 0.3) is 0 Å². The molecule has 0 fully saturated rings. The fourth-order valence-electron chi connectivity index (χ4n) is 2.04. The maximum absolute atomic E-state index is 12.2. The smallest absolute Gasteiger partial charge is 0.339 e. The summed E-state index contributed by atoms with van der Waals surface area (Å²) in [6, 6.07) is 5.35. The van der Waals surface area contributed by atoms with Gasteiger partial charge in [0.25, 0.3) is 5.91 Å². The Balaban J connectivity index is 2.33. The fourth-order valence-corrected chi connectivity index (χ4v) is 2.04. The van der Waals surface area contributed by atoms with Crippen LogP contribution in [-0.4, -0.2) is 28.8 Å². The monoisotopic (exact) mass is 301 g/mol. The lowest BCUT2D eigenvalue weighted by Crippen LogP contribution is -2.15. The van der Waals surface area contributed by atoms with Gasteiger partial charge in [0.05, 0.1) is 30.1 Å². The highest BCUT2D eigenvalue weighted by atomic mass is 16.5. The standard InChI is InChI=1S/C16H19N3O3/c1-10(2)11-5-6-14(13(7-11)16(21)22-4)18-15(20)12-8-17-19(3)9-12/h5-10H,1-4H3,(H,18,20). The third-order valence-corrected chi connectivity index (χ3v) is 3.33. The first-order chi connectivity index (χ1) is 10.4. The molecule has 116 valence electrons. The highest BCUT2D eigenvalue weighted by molar-refractivity contribution is 6.07. The van der Waals surface area contributed by atoms with E-state index in [-0.39, 0.29) is 11.8 Å². The number of hydrogen-bond donors (Lipinski definition) is 1. The van der Waals surface area contributed by atoms with E-state index < -0.39 is 5.97 Å². The first kappa shape index (κ1) is 15.8. The van der Waals surface area contributed by atoms with Crippen LogP contribution < -0.4 is 5.32 Å². The van der Waals surface area contributed by atoms with E-state index in [0.717, 1.165) is 5.56 Å². The SMILES string of the molecule is COC(=O)c1cc(C(C)C)ccc1NC(=O)c1cnn(C)c1. The molecule has 1 aromatic heterocycles. The molecule has 0 bridgehead atoms. The number of carbonyl (C=O) groups is 2. The predicted octanol–water partition coefficient (Wildman–Crippen LogP) is 2.58. The van der Waals surface area contributed by atoms with Crippen LogP contribution in [0.2, 0.25) is 0 Å². The van der Waals surface area contributed by atoms with Crippen molar-refractivity contribution in [2.45, 2.75) is 19.8 Å². The zero-order valence-electron chi connectivity index (χ0n) is 13.1. The molecular formula is C16H19N3O3. The Kier molecular flexibility index (Phi) is 4.60. The number of ether oxygens (including phenoxy) is 1. The number of carbonyl (C=O) groups excluding carboxylic acids is 2. The lowest BCUT2D eigenvalue weighted by molar-refractivity contribution is 0.0602. The average Bonchev–Trinajstić information content (AvgIpc) is 2.93. The number of anilines is 1. The van der Waals surface area contributed by atoms with E-state index in [4.69, 9.17) is 4.74 Å². The normalized spacial score (nSPS) is 10.6. The summed E-state index contributed by atoms with van der Waals surface area (Å²) in [6.45, 7) is 4.06. The maximum atomic E-state index is 12.2. The van der Waals surface area contributed by atoms with Crippen LogP contribution >= 0.6 is 0 Å². The number of rotatable bonds is 4. The van der Waals surface area contributed by atoms with Gasteiger partial charge in [0.15, 0.2) is 0 Å². The van der Waals surface area contributed by atoms with Gasteiger partial charge in [-0.2, -0.15) is 5.10 Å². The van der Waals surface area contributed by atoms with Crippen LogP contribution in [0.4, 0.5) is 5.69 Å². The van der Waals surface area contributed by atoms with E-state index in [1.165, 1.54) is 18.0 Å². The summed E-state index contributed by atoms with van der Waals surface area (Å²) in [4.78, 5) is 24.1. The Morgan fingerprint density at radius 2 is 2.05 bits per heavy atom. The van der Waals surface area contributed by atoms with Crippen LogP contribution in [0.15, 0.2) is 30.6 Å². The van der Waals surface area contributed by atoms with Crippen molar-refractivity contribution in [3.8, 4) is 0 Å². The number of nitrogens with one attached hydrogen (secondary N) is 1. The van der Waals surface area contributed by atoms with Gasteiger partial charge in [-0.3, -0.25) is 9.48 Å². The molecular weight excluding hydrogens is 282 g/mol. The maximum Gasteiger partial charge on any atom is 0.339 e. The lowest BCUT2D eigenvalue weighted by Gasteiger charge is -2.13. The first-order valence-electron chi connectivity index (χ1n) is 6.94. The molecule has 0 atom stereocenters. The topological polar surface area (TPSA) is 73.2 Å².